The molecule has 1 amide bonds. The lowest BCUT2D eigenvalue weighted by atomic mass is 10.2. The molecule has 1 fully saturated rings. The van der Waals surface area contributed by atoms with E-state index in [1.807, 2.05) is 0 Å². The van der Waals surface area contributed by atoms with Crippen LogP contribution in [0.3, 0.4) is 0 Å². The van der Waals surface area contributed by atoms with Gasteiger partial charge >= 0.3 is 0 Å². The average Bonchev–Trinajstić information content (AvgIpc) is 2.59. The number of amidine groups is 1. The number of morpholine rings is 1. The maximum Gasteiger partial charge on any atom is 0.249 e. The Labute approximate surface area is 89.5 Å². The number of hydrogen-bond donors (Lipinski definition) is 1. The third-order valence-corrected chi connectivity index (χ3v) is 2.87. The summed E-state index contributed by atoms with van der Waals surface area (Å²) in [6, 6.07) is -0.263. The van der Waals surface area contributed by atoms with Gasteiger partial charge < -0.3 is 10.1 Å². The van der Waals surface area contributed by atoms with E-state index in [9.17, 15) is 4.79 Å². The van der Waals surface area contributed by atoms with Crippen LogP contribution in [0.15, 0.2) is 4.99 Å². The average molecular weight is 211 g/mol. The van der Waals surface area contributed by atoms with Crippen molar-refractivity contribution in [1.82, 2.24) is 10.2 Å². The predicted molar refractivity (Wildman–Crippen MR) is 56.9 cm³/mol. The van der Waals surface area contributed by atoms with Gasteiger partial charge in [-0.1, -0.05) is 6.92 Å². The summed E-state index contributed by atoms with van der Waals surface area (Å²) in [7, 11) is 0. The molecule has 15 heavy (non-hydrogen) atoms. The highest BCUT2D eigenvalue weighted by atomic mass is 16.5. The first-order valence-corrected chi connectivity index (χ1v) is 5.43. The number of nitrogens with zero attached hydrogens (tertiary/aromatic N) is 2. The Bertz CT molecular complexity index is 290. The highest BCUT2D eigenvalue weighted by Crippen LogP contribution is 2.10. The maximum atomic E-state index is 11.3. The Morgan fingerprint density at radius 2 is 2.47 bits per heavy atom. The molecule has 0 aromatic carbocycles. The molecule has 2 unspecified atom stereocenters. The van der Waals surface area contributed by atoms with Gasteiger partial charge in [-0.2, -0.15) is 0 Å². The second-order valence-corrected chi connectivity index (χ2v) is 3.93. The fraction of sp³-hybridized carbons (Fsp3) is 0.800. The minimum absolute atomic E-state index is 0.0257. The summed E-state index contributed by atoms with van der Waals surface area (Å²) in [5.74, 6) is 0.674. The van der Waals surface area contributed by atoms with Crippen molar-refractivity contribution >= 4 is 11.7 Å². The highest BCUT2D eigenvalue weighted by Gasteiger charge is 2.31. The molecule has 2 heterocycles. The molecule has 84 valence electrons. The first kappa shape index (κ1) is 10.6. The number of rotatable bonds is 2. The number of hydrogen-bond acceptors (Lipinski definition) is 4. The third kappa shape index (κ3) is 2.18. The van der Waals surface area contributed by atoms with Crippen LogP contribution in [0.25, 0.3) is 0 Å². The van der Waals surface area contributed by atoms with Crippen molar-refractivity contribution in [2.24, 2.45) is 4.99 Å². The normalized spacial score (nSPS) is 32.7. The first-order valence-electron chi connectivity index (χ1n) is 5.43. The van der Waals surface area contributed by atoms with Gasteiger partial charge in [-0.3, -0.25) is 14.7 Å². The molecule has 0 bridgehead atoms. The first-order chi connectivity index (χ1) is 7.20. The molecule has 2 aliphatic rings. The lowest BCUT2D eigenvalue weighted by molar-refractivity contribution is -0.119. The fourth-order valence-electron chi connectivity index (χ4n) is 1.85. The van der Waals surface area contributed by atoms with Gasteiger partial charge in [0.25, 0.3) is 0 Å². The molecule has 0 aliphatic carbocycles. The van der Waals surface area contributed by atoms with Crippen LogP contribution in [-0.2, 0) is 9.53 Å². The highest BCUT2D eigenvalue weighted by molar-refractivity contribution is 6.07. The Balaban J connectivity index is 1.99. The number of amides is 1. The van der Waals surface area contributed by atoms with Crippen molar-refractivity contribution in [3.63, 3.8) is 0 Å². The molecule has 0 aromatic heterocycles. The molecule has 1 N–H and O–H groups in total. The van der Waals surface area contributed by atoms with Gasteiger partial charge in [0, 0.05) is 13.1 Å². The molecule has 0 radical (unpaired) electrons. The lowest BCUT2D eigenvalue weighted by Gasteiger charge is -2.31. The molecule has 5 nitrogen and oxygen atoms in total. The van der Waals surface area contributed by atoms with Gasteiger partial charge in [-0.15, -0.1) is 0 Å². The van der Waals surface area contributed by atoms with E-state index in [-0.39, 0.29) is 18.1 Å². The minimum atomic E-state index is -0.263. The zero-order valence-electron chi connectivity index (χ0n) is 9.19. The number of carbonyl (C=O) groups excluding carboxylic acids is 1. The summed E-state index contributed by atoms with van der Waals surface area (Å²) in [6.07, 6.45) is -0.0624. The quantitative estimate of drug-likeness (QED) is 0.677. The smallest absolute Gasteiger partial charge is 0.249 e. The van der Waals surface area contributed by atoms with Gasteiger partial charge in [0.2, 0.25) is 5.91 Å². The Morgan fingerprint density at radius 3 is 3.07 bits per heavy atom. The van der Waals surface area contributed by atoms with Crippen molar-refractivity contribution in [2.45, 2.75) is 26.0 Å². The second kappa shape index (κ2) is 4.28. The van der Waals surface area contributed by atoms with E-state index >= 15 is 0 Å². The second-order valence-electron chi connectivity index (χ2n) is 3.93. The molecule has 1 saturated heterocycles. The Hall–Kier alpha value is -0.940. The SMILES string of the molecule is CCN1CCOC(C2=NC(C)C(=O)N2)C1. The molecule has 2 atom stereocenters. The summed E-state index contributed by atoms with van der Waals surface area (Å²) in [5, 5.41) is 2.78. The Morgan fingerprint density at radius 1 is 1.67 bits per heavy atom. The lowest BCUT2D eigenvalue weighted by Crippen LogP contribution is -2.49. The Kier molecular flexibility index (Phi) is 3.02. The molecule has 0 aromatic rings. The van der Waals surface area contributed by atoms with Gasteiger partial charge in [0.1, 0.15) is 18.0 Å². The molecule has 2 aliphatic heterocycles. The zero-order chi connectivity index (χ0) is 10.8. The van der Waals surface area contributed by atoms with Gasteiger partial charge in [0.05, 0.1) is 6.61 Å². The monoisotopic (exact) mass is 211 g/mol. The summed E-state index contributed by atoms with van der Waals surface area (Å²) in [6.45, 7) is 7.42. The van der Waals surface area contributed by atoms with Crippen molar-refractivity contribution in [3.8, 4) is 0 Å². The van der Waals surface area contributed by atoms with Crippen LogP contribution in [0.2, 0.25) is 0 Å². The van der Waals surface area contributed by atoms with Gasteiger partial charge in [-0.05, 0) is 13.5 Å². The van der Waals surface area contributed by atoms with Crippen LogP contribution in [0.4, 0.5) is 0 Å². The van der Waals surface area contributed by atoms with Crippen molar-refractivity contribution in [1.29, 1.82) is 0 Å². The summed E-state index contributed by atoms with van der Waals surface area (Å²) < 4.78 is 5.60. The molecule has 5 heteroatoms. The van der Waals surface area contributed by atoms with E-state index in [1.54, 1.807) is 6.92 Å². The van der Waals surface area contributed by atoms with Crippen LogP contribution in [0.5, 0.6) is 0 Å². The van der Waals surface area contributed by atoms with Crippen LogP contribution < -0.4 is 5.32 Å². The molecule has 0 saturated carbocycles. The molecular formula is C10H17N3O2. The van der Waals surface area contributed by atoms with Gasteiger partial charge in [0.15, 0.2) is 0 Å². The van der Waals surface area contributed by atoms with E-state index in [1.165, 1.54) is 0 Å². The molecule has 0 spiro atoms. The summed E-state index contributed by atoms with van der Waals surface area (Å²) in [5.41, 5.74) is 0. The minimum Gasteiger partial charge on any atom is -0.368 e. The molecule has 2 rings (SSSR count). The number of ether oxygens (including phenoxy) is 1. The van der Waals surface area contributed by atoms with Crippen molar-refractivity contribution < 1.29 is 9.53 Å². The van der Waals surface area contributed by atoms with E-state index in [0.29, 0.717) is 12.4 Å². The topological polar surface area (TPSA) is 53.9 Å². The van der Waals surface area contributed by atoms with Crippen LogP contribution >= 0.6 is 0 Å². The maximum absolute atomic E-state index is 11.3. The van der Waals surface area contributed by atoms with E-state index < -0.39 is 0 Å². The summed E-state index contributed by atoms with van der Waals surface area (Å²) >= 11 is 0. The number of aliphatic imine (C=N–C) groups is 1. The van der Waals surface area contributed by atoms with Crippen LogP contribution in [0, 0.1) is 0 Å². The molecular weight excluding hydrogens is 194 g/mol. The number of nitrogens with one attached hydrogen (secondary N) is 1. The van der Waals surface area contributed by atoms with Gasteiger partial charge in [-0.25, -0.2) is 0 Å². The van der Waals surface area contributed by atoms with E-state index in [0.717, 1.165) is 19.6 Å². The van der Waals surface area contributed by atoms with E-state index in [4.69, 9.17) is 4.74 Å². The third-order valence-electron chi connectivity index (χ3n) is 2.87. The van der Waals surface area contributed by atoms with Crippen molar-refractivity contribution in [2.75, 3.05) is 26.2 Å². The van der Waals surface area contributed by atoms with Crippen LogP contribution in [0.1, 0.15) is 13.8 Å². The van der Waals surface area contributed by atoms with Crippen molar-refractivity contribution in [3.05, 3.63) is 0 Å². The largest absolute Gasteiger partial charge is 0.368 e. The predicted octanol–water partition coefficient (Wildman–Crippen LogP) is -0.376. The number of carbonyl (C=O) groups is 1. The zero-order valence-corrected chi connectivity index (χ0v) is 9.19. The fourth-order valence-corrected chi connectivity index (χ4v) is 1.85. The van der Waals surface area contributed by atoms with Crippen LogP contribution in [-0.4, -0.2) is 55.0 Å². The number of likely N-dealkylation sites (N-methyl/N-ethyl adjacent to an activating group) is 1. The summed E-state index contributed by atoms with van der Waals surface area (Å²) in [4.78, 5) is 17.8. The van der Waals surface area contributed by atoms with E-state index in [2.05, 4.69) is 22.1 Å². The standard InChI is InChI=1S/C10H17N3O2/c1-3-13-4-5-15-8(6-13)9-11-7(2)10(14)12-9/h7-8H,3-6H2,1-2H3,(H,11,12,14).